The molecule has 0 aromatic carbocycles. The van der Waals surface area contributed by atoms with Crippen LogP contribution >= 0.6 is 11.8 Å². The number of amides is 1. The van der Waals surface area contributed by atoms with Crippen LogP contribution in [0.3, 0.4) is 0 Å². The van der Waals surface area contributed by atoms with E-state index >= 15 is 0 Å². The van der Waals surface area contributed by atoms with Gasteiger partial charge in [-0.1, -0.05) is 0 Å². The second-order valence-electron chi connectivity index (χ2n) is 5.57. The average Bonchev–Trinajstić information content (AvgIpc) is 2.87. The first-order chi connectivity index (χ1) is 7.52. The molecule has 0 aromatic rings. The number of hydrogen-bond acceptors (Lipinski definition) is 3. The summed E-state index contributed by atoms with van der Waals surface area (Å²) in [6, 6.07) is 1.05. The number of thioether (sulfide) groups is 1. The predicted octanol–water partition coefficient (Wildman–Crippen LogP) is 1.38. The first-order valence-corrected chi connectivity index (χ1v) is 7.33. The van der Waals surface area contributed by atoms with E-state index in [0.29, 0.717) is 12.1 Å². The summed E-state index contributed by atoms with van der Waals surface area (Å²) >= 11 is 1.80. The second-order valence-corrected chi connectivity index (χ2v) is 7.08. The van der Waals surface area contributed by atoms with Crippen LogP contribution < -0.4 is 10.6 Å². The molecule has 2 bridgehead atoms. The zero-order valence-corrected chi connectivity index (χ0v) is 11.2. The molecule has 4 heteroatoms. The summed E-state index contributed by atoms with van der Waals surface area (Å²) in [6.07, 6.45) is 5.56. The minimum absolute atomic E-state index is 0.140. The molecule has 0 radical (unpaired) electrons. The van der Waals surface area contributed by atoms with E-state index in [-0.39, 0.29) is 16.6 Å². The topological polar surface area (TPSA) is 41.1 Å². The summed E-state index contributed by atoms with van der Waals surface area (Å²) in [4.78, 5) is 12.0. The van der Waals surface area contributed by atoms with Gasteiger partial charge in [-0.05, 0) is 39.4 Å². The molecule has 3 atom stereocenters. The van der Waals surface area contributed by atoms with E-state index in [4.69, 9.17) is 0 Å². The Labute approximate surface area is 102 Å². The molecular weight excluding hydrogens is 220 g/mol. The summed E-state index contributed by atoms with van der Waals surface area (Å²) < 4.78 is 0.140. The van der Waals surface area contributed by atoms with Crippen molar-refractivity contribution in [1.82, 2.24) is 10.6 Å². The summed E-state index contributed by atoms with van der Waals surface area (Å²) in [5.74, 6) is 0.471. The van der Waals surface area contributed by atoms with Crippen molar-refractivity contribution in [2.45, 2.75) is 49.9 Å². The highest BCUT2D eigenvalue weighted by molar-refractivity contribution is 7.99. The highest BCUT2D eigenvalue weighted by Gasteiger charge is 2.42. The van der Waals surface area contributed by atoms with Gasteiger partial charge in [-0.25, -0.2) is 0 Å². The Hall–Kier alpha value is -0.220. The van der Waals surface area contributed by atoms with E-state index in [1.807, 2.05) is 0 Å². The normalized spacial score (nSPS) is 33.1. The van der Waals surface area contributed by atoms with Crippen LogP contribution in [0.4, 0.5) is 0 Å². The molecule has 3 nitrogen and oxygen atoms in total. The van der Waals surface area contributed by atoms with E-state index in [2.05, 4.69) is 30.7 Å². The molecule has 2 rings (SSSR count). The van der Waals surface area contributed by atoms with E-state index in [9.17, 15) is 4.79 Å². The fraction of sp³-hybridized carbons (Fsp3) is 0.917. The first kappa shape index (κ1) is 12.2. The van der Waals surface area contributed by atoms with Crippen LogP contribution in [0.25, 0.3) is 0 Å². The van der Waals surface area contributed by atoms with Gasteiger partial charge in [0.05, 0.1) is 5.92 Å². The van der Waals surface area contributed by atoms with Crippen molar-refractivity contribution < 1.29 is 4.79 Å². The summed E-state index contributed by atoms with van der Waals surface area (Å²) in [5, 5.41) is 6.60. The number of carbonyl (C=O) groups is 1. The number of rotatable bonds is 4. The quantitative estimate of drug-likeness (QED) is 0.782. The maximum Gasteiger partial charge on any atom is 0.224 e. The molecule has 92 valence electrons. The van der Waals surface area contributed by atoms with Crippen LogP contribution in [0.15, 0.2) is 0 Å². The van der Waals surface area contributed by atoms with Crippen LogP contribution in [0, 0.1) is 5.92 Å². The van der Waals surface area contributed by atoms with Gasteiger partial charge >= 0.3 is 0 Å². The van der Waals surface area contributed by atoms with Crippen molar-refractivity contribution in [3.05, 3.63) is 0 Å². The van der Waals surface area contributed by atoms with Gasteiger partial charge in [0.25, 0.3) is 0 Å². The maximum atomic E-state index is 12.0. The number of nitrogens with one attached hydrogen (secondary N) is 2. The Morgan fingerprint density at radius 1 is 1.50 bits per heavy atom. The molecule has 0 saturated carbocycles. The van der Waals surface area contributed by atoms with Gasteiger partial charge in [0.15, 0.2) is 0 Å². The molecule has 0 aromatic heterocycles. The first-order valence-electron chi connectivity index (χ1n) is 6.11. The van der Waals surface area contributed by atoms with Gasteiger partial charge in [-0.3, -0.25) is 4.79 Å². The fourth-order valence-corrected chi connectivity index (χ4v) is 2.83. The third-order valence-corrected chi connectivity index (χ3v) is 5.13. The second kappa shape index (κ2) is 4.57. The lowest BCUT2D eigenvalue weighted by Crippen LogP contribution is -2.42. The molecule has 0 aliphatic carbocycles. The number of hydrogen-bond donors (Lipinski definition) is 2. The third-order valence-electron chi connectivity index (χ3n) is 3.88. The van der Waals surface area contributed by atoms with Gasteiger partial charge in [-0.15, -0.1) is 0 Å². The summed E-state index contributed by atoms with van der Waals surface area (Å²) in [5.41, 5.74) is 0. The Morgan fingerprint density at radius 3 is 2.75 bits per heavy atom. The standard InChI is InChI=1S/C12H22N2OS/c1-12(2,16-3)7-13-11(15)9-6-8-4-5-10(9)14-8/h8-10,14H,4-7H2,1-3H3,(H,13,15). The Morgan fingerprint density at radius 2 is 2.25 bits per heavy atom. The van der Waals surface area contributed by atoms with Crippen molar-refractivity contribution in [1.29, 1.82) is 0 Å². The van der Waals surface area contributed by atoms with E-state index in [1.54, 1.807) is 11.8 Å². The molecule has 2 heterocycles. The van der Waals surface area contributed by atoms with Crippen molar-refractivity contribution in [3.8, 4) is 0 Å². The third kappa shape index (κ3) is 2.54. The van der Waals surface area contributed by atoms with Crippen molar-refractivity contribution in [3.63, 3.8) is 0 Å². The highest BCUT2D eigenvalue weighted by Crippen LogP contribution is 2.33. The number of fused-ring (bicyclic) bond motifs is 2. The zero-order valence-electron chi connectivity index (χ0n) is 10.4. The van der Waals surface area contributed by atoms with E-state index < -0.39 is 0 Å². The average molecular weight is 242 g/mol. The number of carbonyl (C=O) groups excluding carboxylic acids is 1. The summed E-state index contributed by atoms with van der Waals surface area (Å²) in [6.45, 7) is 5.09. The van der Waals surface area contributed by atoms with Crippen LogP contribution in [-0.2, 0) is 4.79 Å². The lowest BCUT2D eigenvalue weighted by Gasteiger charge is -2.25. The minimum atomic E-state index is 0.140. The molecule has 3 unspecified atom stereocenters. The summed E-state index contributed by atoms with van der Waals surface area (Å²) in [7, 11) is 0. The van der Waals surface area contributed by atoms with E-state index in [0.717, 1.165) is 13.0 Å². The molecule has 2 saturated heterocycles. The molecule has 2 fully saturated rings. The maximum absolute atomic E-state index is 12.0. The lowest BCUT2D eigenvalue weighted by atomic mass is 9.88. The lowest BCUT2D eigenvalue weighted by molar-refractivity contribution is -0.125. The smallest absolute Gasteiger partial charge is 0.224 e. The van der Waals surface area contributed by atoms with Crippen LogP contribution in [0.1, 0.15) is 33.1 Å². The van der Waals surface area contributed by atoms with Gasteiger partial charge < -0.3 is 10.6 Å². The molecule has 16 heavy (non-hydrogen) atoms. The zero-order chi connectivity index (χ0) is 11.8. The SMILES string of the molecule is CSC(C)(C)CNC(=O)C1CC2CCC1N2. The van der Waals surface area contributed by atoms with Crippen LogP contribution in [0.5, 0.6) is 0 Å². The van der Waals surface area contributed by atoms with Gasteiger partial charge in [0.1, 0.15) is 0 Å². The largest absolute Gasteiger partial charge is 0.354 e. The Bertz CT molecular complexity index is 280. The molecular formula is C12H22N2OS. The Kier molecular flexibility index (Phi) is 3.50. The molecule has 1 amide bonds. The fourth-order valence-electron chi connectivity index (χ4n) is 2.62. The van der Waals surface area contributed by atoms with Crippen molar-refractivity contribution in [2.24, 2.45) is 5.92 Å². The van der Waals surface area contributed by atoms with Gasteiger partial charge in [-0.2, -0.15) is 11.8 Å². The van der Waals surface area contributed by atoms with Crippen molar-refractivity contribution >= 4 is 17.7 Å². The molecule has 0 spiro atoms. The van der Waals surface area contributed by atoms with Gasteiger partial charge in [0.2, 0.25) is 5.91 Å². The molecule has 2 N–H and O–H groups in total. The Balaban J connectivity index is 1.81. The predicted molar refractivity (Wildman–Crippen MR) is 68.7 cm³/mol. The monoisotopic (exact) mass is 242 g/mol. The highest BCUT2D eigenvalue weighted by atomic mass is 32.2. The van der Waals surface area contributed by atoms with Crippen LogP contribution in [-0.4, -0.2) is 35.5 Å². The molecule has 2 aliphatic heterocycles. The van der Waals surface area contributed by atoms with Crippen molar-refractivity contribution in [2.75, 3.05) is 12.8 Å². The molecule has 2 aliphatic rings. The van der Waals surface area contributed by atoms with E-state index in [1.165, 1.54) is 12.8 Å². The minimum Gasteiger partial charge on any atom is -0.354 e. The van der Waals surface area contributed by atoms with Gasteiger partial charge in [0, 0.05) is 23.4 Å². The van der Waals surface area contributed by atoms with Crippen LogP contribution in [0.2, 0.25) is 0 Å².